The highest BCUT2D eigenvalue weighted by Crippen LogP contribution is 2.36. The van der Waals surface area contributed by atoms with E-state index in [2.05, 4.69) is 50.4 Å². The molecule has 2 rings (SSSR count). The Morgan fingerprint density at radius 2 is 2.00 bits per heavy atom. The Labute approximate surface area is 113 Å². The lowest BCUT2D eigenvalue weighted by atomic mass is 9.76. The van der Waals surface area contributed by atoms with Crippen LogP contribution in [0.15, 0.2) is 29.6 Å². The molecule has 0 N–H and O–H groups in total. The Morgan fingerprint density at radius 3 is 2.65 bits per heavy atom. The van der Waals surface area contributed by atoms with E-state index >= 15 is 0 Å². The molecule has 1 heterocycles. The van der Waals surface area contributed by atoms with Crippen LogP contribution in [0.1, 0.15) is 26.3 Å². The summed E-state index contributed by atoms with van der Waals surface area (Å²) >= 11 is 8.01. The fourth-order valence-electron chi connectivity index (χ4n) is 2.01. The molecule has 0 fully saturated rings. The van der Waals surface area contributed by atoms with E-state index in [0.717, 1.165) is 12.3 Å². The van der Waals surface area contributed by atoms with Gasteiger partial charge in [0.2, 0.25) is 0 Å². The molecule has 0 nitrogen and oxygen atoms in total. The van der Waals surface area contributed by atoms with E-state index in [-0.39, 0.29) is 5.41 Å². The molecule has 92 valence electrons. The molecule has 1 atom stereocenters. The lowest BCUT2D eigenvalue weighted by molar-refractivity contribution is 0.254. The standard InChI is InChI=1S/C15H19ClS/c1-11(2)15(3,10-16)8-12-9-17-14-7-5-4-6-13(12)14/h4-7,9,11H,8,10H2,1-3H3. The minimum Gasteiger partial charge on any atom is -0.144 e. The number of halogens is 1. The third kappa shape index (κ3) is 2.51. The topological polar surface area (TPSA) is 0 Å². The highest BCUT2D eigenvalue weighted by Gasteiger charge is 2.28. The van der Waals surface area contributed by atoms with Gasteiger partial charge < -0.3 is 0 Å². The number of thiophene rings is 1. The maximum absolute atomic E-state index is 6.18. The molecular formula is C15H19ClS. The van der Waals surface area contributed by atoms with Gasteiger partial charge in [0.1, 0.15) is 0 Å². The first-order valence-electron chi connectivity index (χ1n) is 6.08. The normalized spacial score (nSPS) is 15.4. The number of fused-ring (bicyclic) bond motifs is 1. The van der Waals surface area contributed by atoms with Crippen LogP contribution in [-0.4, -0.2) is 5.88 Å². The number of hydrogen-bond acceptors (Lipinski definition) is 1. The molecule has 0 saturated heterocycles. The molecule has 0 spiro atoms. The SMILES string of the molecule is CC(C)C(C)(CCl)Cc1csc2ccccc12. The Kier molecular flexibility index (Phi) is 3.79. The van der Waals surface area contributed by atoms with Crippen LogP contribution in [-0.2, 0) is 6.42 Å². The second-order valence-corrected chi connectivity index (χ2v) is 6.55. The Hall–Kier alpha value is -0.530. The zero-order valence-corrected chi connectivity index (χ0v) is 12.2. The summed E-state index contributed by atoms with van der Waals surface area (Å²) in [6.45, 7) is 6.81. The van der Waals surface area contributed by atoms with Crippen molar-refractivity contribution in [3.63, 3.8) is 0 Å². The molecule has 1 unspecified atom stereocenters. The van der Waals surface area contributed by atoms with Gasteiger partial charge in [-0.15, -0.1) is 22.9 Å². The molecule has 0 aliphatic carbocycles. The van der Waals surface area contributed by atoms with Gasteiger partial charge in [-0.2, -0.15) is 0 Å². The van der Waals surface area contributed by atoms with Gasteiger partial charge in [0.05, 0.1) is 0 Å². The van der Waals surface area contributed by atoms with Crippen molar-refractivity contribution in [1.82, 2.24) is 0 Å². The number of hydrogen-bond donors (Lipinski definition) is 0. The average molecular weight is 267 g/mol. The zero-order chi connectivity index (χ0) is 12.5. The number of alkyl halides is 1. The summed E-state index contributed by atoms with van der Waals surface area (Å²) in [7, 11) is 0. The highest BCUT2D eigenvalue weighted by molar-refractivity contribution is 7.17. The van der Waals surface area contributed by atoms with Crippen molar-refractivity contribution in [2.24, 2.45) is 11.3 Å². The molecule has 0 amide bonds. The second kappa shape index (κ2) is 4.99. The van der Waals surface area contributed by atoms with Gasteiger partial charge in [-0.1, -0.05) is 39.0 Å². The molecular weight excluding hydrogens is 248 g/mol. The van der Waals surface area contributed by atoms with Gasteiger partial charge in [0, 0.05) is 10.6 Å². The van der Waals surface area contributed by atoms with Gasteiger partial charge in [-0.3, -0.25) is 0 Å². The molecule has 2 heteroatoms. The molecule has 0 radical (unpaired) electrons. The predicted molar refractivity (Wildman–Crippen MR) is 79.2 cm³/mol. The smallest absolute Gasteiger partial charge is 0.0345 e. The monoisotopic (exact) mass is 266 g/mol. The van der Waals surface area contributed by atoms with Crippen molar-refractivity contribution in [3.05, 3.63) is 35.2 Å². The van der Waals surface area contributed by atoms with E-state index in [1.54, 1.807) is 0 Å². The second-order valence-electron chi connectivity index (χ2n) is 5.38. The van der Waals surface area contributed by atoms with E-state index in [1.807, 2.05) is 11.3 Å². The minimum absolute atomic E-state index is 0.186. The van der Waals surface area contributed by atoms with Crippen LogP contribution in [0, 0.1) is 11.3 Å². The van der Waals surface area contributed by atoms with E-state index in [1.165, 1.54) is 15.6 Å². The van der Waals surface area contributed by atoms with Crippen LogP contribution in [0.25, 0.3) is 10.1 Å². The van der Waals surface area contributed by atoms with Crippen LogP contribution >= 0.6 is 22.9 Å². The van der Waals surface area contributed by atoms with E-state index in [0.29, 0.717) is 5.92 Å². The first-order valence-corrected chi connectivity index (χ1v) is 7.49. The zero-order valence-electron chi connectivity index (χ0n) is 10.7. The molecule has 17 heavy (non-hydrogen) atoms. The Balaban J connectivity index is 2.35. The van der Waals surface area contributed by atoms with Crippen molar-refractivity contribution >= 4 is 33.0 Å². The summed E-state index contributed by atoms with van der Waals surface area (Å²) in [4.78, 5) is 0. The summed E-state index contributed by atoms with van der Waals surface area (Å²) < 4.78 is 1.38. The lowest BCUT2D eigenvalue weighted by Crippen LogP contribution is -2.28. The number of benzene rings is 1. The first kappa shape index (κ1) is 12.9. The van der Waals surface area contributed by atoms with Crippen LogP contribution in [0.4, 0.5) is 0 Å². The molecule has 0 bridgehead atoms. The van der Waals surface area contributed by atoms with Crippen molar-refractivity contribution in [1.29, 1.82) is 0 Å². The number of rotatable bonds is 4. The van der Waals surface area contributed by atoms with Crippen molar-refractivity contribution in [2.75, 3.05) is 5.88 Å². The van der Waals surface area contributed by atoms with Gasteiger partial charge >= 0.3 is 0 Å². The average Bonchev–Trinajstić information content (AvgIpc) is 2.72. The van der Waals surface area contributed by atoms with E-state index in [9.17, 15) is 0 Å². The predicted octanol–water partition coefficient (Wildman–Crippen LogP) is 5.34. The molecule has 0 saturated carbocycles. The third-order valence-electron chi connectivity index (χ3n) is 3.85. The molecule has 1 aromatic heterocycles. The molecule has 0 aliphatic rings. The van der Waals surface area contributed by atoms with Crippen LogP contribution < -0.4 is 0 Å². The van der Waals surface area contributed by atoms with Crippen LogP contribution in [0.5, 0.6) is 0 Å². The van der Waals surface area contributed by atoms with Crippen LogP contribution in [0.3, 0.4) is 0 Å². The fraction of sp³-hybridized carbons (Fsp3) is 0.467. The first-order chi connectivity index (χ1) is 8.07. The minimum atomic E-state index is 0.186. The third-order valence-corrected chi connectivity index (χ3v) is 5.48. The summed E-state index contributed by atoms with van der Waals surface area (Å²) in [5.41, 5.74) is 1.63. The Bertz CT molecular complexity index is 500. The highest BCUT2D eigenvalue weighted by atomic mass is 35.5. The maximum atomic E-state index is 6.18. The van der Waals surface area contributed by atoms with Crippen molar-refractivity contribution in [3.8, 4) is 0 Å². The lowest BCUT2D eigenvalue weighted by Gasteiger charge is -2.31. The van der Waals surface area contributed by atoms with Gasteiger partial charge in [0.25, 0.3) is 0 Å². The van der Waals surface area contributed by atoms with Gasteiger partial charge in [-0.25, -0.2) is 0 Å². The quantitative estimate of drug-likeness (QED) is 0.655. The van der Waals surface area contributed by atoms with Crippen LogP contribution in [0.2, 0.25) is 0 Å². The van der Waals surface area contributed by atoms with Gasteiger partial charge in [-0.05, 0) is 40.1 Å². The summed E-state index contributed by atoms with van der Waals surface area (Å²) in [5.74, 6) is 1.31. The summed E-state index contributed by atoms with van der Waals surface area (Å²) in [6, 6.07) is 8.63. The largest absolute Gasteiger partial charge is 0.144 e. The molecule has 1 aromatic carbocycles. The molecule has 0 aliphatic heterocycles. The van der Waals surface area contributed by atoms with Crippen molar-refractivity contribution in [2.45, 2.75) is 27.2 Å². The van der Waals surface area contributed by atoms with E-state index in [4.69, 9.17) is 11.6 Å². The Morgan fingerprint density at radius 1 is 1.29 bits per heavy atom. The van der Waals surface area contributed by atoms with Crippen molar-refractivity contribution < 1.29 is 0 Å². The fourth-order valence-corrected chi connectivity index (χ4v) is 3.38. The van der Waals surface area contributed by atoms with Gasteiger partial charge in [0.15, 0.2) is 0 Å². The van der Waals surface area contributed by atoms with E-state index < -0.39 is 0 Å². The summed E-state index contributed by atoms with van der Waals surface area (Å²) in [6.07, 6.45) is 1.07. The molecule has 2 aromatic rings. The summed E-state index contributed by atoms with van der Waals surface area (Å²) in [5, 5.41) is 3.69. The maximum Gasteiger partial charge on any atom is 0.0345 e.